The molecule has 0 radical (unpaired) electrons. The summed E-state index contributed by atoms with van der Waals surface area (Å²) in [4.78, 5) is 24.0. The lowest BCUT2D eigenvalue weighted by atomic mass is 10.0. The summed E-state index contributed by atoms with van der Waals surface area (Å²) in [6.45, 7) is 1.96. The van der Waals surface area contributed by atoms with Crippen LogP contribution >= 0.6 is 22.6 Å². The number of hydrogen-bond acceptors (Lipinski definition) is 2. The molecular formula is C16H13IO2. The Morgan fingerprint density at radius 1 is 0.842 bits per heavy atom. The Morgan fingerprint density at radius 2 is 1.26 bits per heavy atom. The van der Waals surface area contributed by atoms with Crippen molar-refractivity contribution in [2.24, 2.45) is 0 Å². The summed E-state index contributed by atoms with van der Waals surface area (Å²) in [5, 5.41) is 0. The van der Waals surface area contributed by atoms with Crippen molar-refractivity contribution in [2.45, 2.75) is 13.3 Å². The van der Waals surface area contributed by atoms with E-state index in [2.05, 4.69) is 22.6 Å². The van der Waals surface area contributed by atoms with Crippen molar-refractivity contribution in [3.05, 3.63) is 68.8 Å². The fourth-order valence-corrected chi connectivity index (χ4v) is 2.08. The Labute approximate surface area is 126 Å². The molecule has 0 aliphatic rings. The van der Waals surface area contributed by atoms with Crippen molar-refractivity contribution < 1.29 is 9.59 Å². The van der Waals surface area contributed by atoms with Crippen molar-refractivity contribution >= 4 is 34.2 Å². The summed E-state index contributed by atoms with van der Waals surface area (Å²) >= 11 is 2.18. The largest absolute Gasteiger partial charge is 0.294 e. The molecule has 0 spiro atoms. The number of aryl methyl sites for hydroxylation is 1. The summed E-state index contributed by atoms with van der Waals surface area (Å²) in [6.07, 6.45) is -0.0797. The molecule has 0 heterocycles. The topological polar surface area (TPSA) is 34.1 Å². The minimum Gasteiger partial charge on any atom is -0.294 e. The molecule has 0 aliphatic heterocycles. The Bertz CT molecular complexity index is 542. The van der Waals surface area contributed by atoms with Crippen LogP contribution in [0.25, 0.3) is 0 Å². The van der Waals surface area contributed by atoms with Gasteiger partial charge in [-0.2, -0.15) is 0 Å². The molecule has 2 rings (SSSR count). The van der Waals surface area contributed by atoms with Gasteiger partial charge in [-0.05, 0) is 41.6 Å². The zero-order valence-electron chi connectivity index (χ0n) is 10.5. The van der Waals surface area contributed by atoms with E-state index in [0.717, 1.165) is 9.13 Å². The van der Waals surface area contributed by atoms with Gasteiger partial charge in [0.25, 0.3) is 0 Å². The maximum atomic E-state index is 12.0. The molecule has 0 amide bonds. The summed E-state index contributed by atoms with van der Waals surface area (Å²) < 4.78 is 1.07. The first kappa shape index (κ1) is 13.9. The highest BCUT2D eigenvalue weighted by atomic mass is 127. The minimum absolute atomic E-state index is 0.0797. The third-order valence-corrected chi connectivity index (χ3v) is 3.58. The quantitative estimate of drug-likeness (QED) is 0.466. The van der Waals surface area contributed by atoms with Gasteiger partial charge in [0.2, 0.25) is 0 Å². The number of carbonyl (C=O) groups is 2. The number of rotatable bonds is 4. The summed E-state index contributed by atoms with van der Waals surface area (Å²) in [6, 6.07) is 14.5. The van der Waals surface area contributed by atoms with Crippen LogP contribution in [0.3, 0.4) is 0 Å². The molecule has 0 aromatic heterocycles. The molecule has 0 saturated carbocycles. The van der Waals surface area contributed by atoms with Gasteiger partial charge in [0.05, 0.1) is 6.42 Å². The van der Waals surface area contributed by atoms with Gasteiger partial charge < -0.3 is 0 Å². The highest BCUT2D eigenvalue weighted by molar-refractivity contribution is 14.1. The number of halogens is 1. The third kappa shape index (κ3) is 3.73. The maximum Gasteiger partial charge on any atom is 0.170 e. The predicted molar refractivity (Wildman–Crippen MR) is 83.6 cm³/mol. The van der Waals surface area contributed by atoms with E-state index in [0.29, 0.717) is 11.1 Å². The molecule has 2 nitrogen and oxygen atoms in total. The predicted octanol–water partition coefficient (Wildman–Crippen LogP) is 4.06. The van der Waals surface area contributed by atoms with Crippen molar-refractivity contribution in [3.63, 3.8) is 0 Å². The van der Waals surface area contributed by atoms with Crippen LogP contribution in [0.15, 0.2) is 48.5 Å². The van der Waals surface area contributed by atoms with E-state index in [1.54, 1.807) is 24.3 Å². The van der Waals surface area contributed by atoms with Crippen molar-refractivity contribution in [3.8, 4) is 0 Å². The van der Waals surface area contributed by atoms with Crippen LogP contribution in [0.2, 0.25) is 0 Å². The summed E-state index contributed by atoms with van der Waals surface area (Å²) in [5.41, 5.74) is 2.27. The SMILES string of the molecule is Cc1ccc(C(=O)CC(=O)c2ccc(I)cc2)cc1. The third-order valence-electron chi connectivity index (χ3n) is 2.86. The van der Waals surface area contributed by atoms with Crippen LogP contribution in [-0.2, 0) is 0 Å². The number of benzene rings is 2. The van der Waals surface area contributed by atoms with Gasteiger partial charge in [0.1, 0.15) is 0 Å². The zero-order valence-corrected chi connectivity index (χ0v) is 12.7. The molecule has 0 bridgehead atoms. The average molecular weight is 364 g/mol. The Morgan fingerprint density at radius 3 is 1.74 bits per heavy atom. The molecule has 0 unspecified atom stereocenters. The molecule has 0 N–H and O–H groups in total. The second kappa shape index (κ2) is 6.10. The van der Waals surface area contributed by atoms with E-state index >= 15 is 0 Å². The highest BCUT2D eigenvalue weighted by Gasteiger charge is 2.13. The minimum atomic E-state index is -0.137. The van der Waals surface area contributed by atoms with E-state index in [1.807, 2.05) is 31.2 Å². The molecule has 0 aliphatic carbocycles. The monoisotopic (exact) mass is 364 g/mol. The van der Waals surface area contributed by atoms with E-state index in [-0.39, 0.29) is 18.0 Å². The summed E-state index contributed by atoms with van der Waals surface area (Å²) in [7, 11) is 0. The van der Waals surface area contributed by atoms with E-state index in [9.17, 15) is 9.59 Å². The van der Waals surface area contributed by atoms with Crippen LogP contribution in [0, 0.1) is 10.5 Å². The molecule has 0 atom stereocenters. The zero-order chi connectivity index (χ0) is 13.8. The second-order valence-corrected chi connectivity index (χ2v) is 5.64. The van der Waals surface area contributed by atoms with Crippen LogP contribution in [0.1, 0.15) is 32.7 Å². The Balaban J connectivity index is 2.08. The molecule has 96 valence electrons. The van der Waals surface area contributed by atoms with Crippen LogP contribution in [0.4, 0.5) is 0 Å². The van der Waals surface area contributed by atoms with Gasteiger partial charge in [0, 0.05) is 14.7 Å². The van der Waals surface area contributed by atoms with Crippen molar-refractivity contribution in [1.29, 1.82) is 0 Å². The molecule has 3 heteroatoms. The van der Waals surface area contributed by atoms with Gasteiger partial charge in [0.15, 0.2) is 11.6 Å². The van der Waals surface area contributed by atoms with Gasteiger partial charge >= 0.3 is 0 Å². The second-order valence-electron chi connectivity index (χ2n) is 4.40. The fourth-order valence-electron chi connectivity index (χ4n) is 1.73. The van der Waals surface area contributed by atoms with Crippen LogP contribution < -0.4 is 0 Å². The molecule has 2 aromatic rings. The number of ketones is 2. The molecule has 0 fully saturated rings. The molecule has 19 heavy (non-hydrogen) atoms. The smallest absolute Gasteiger partial charge is 0.170 e. The van der Waals surface area contributed by atoms with Crippen molar-refractivity contribution in [2.75, 3.05) is 0 Å². The standard InChI is InChI=1S/C16H13IO2/c1-11-2-4-12(5-3-11)15(18)10-16(19)13-6-8-14(17)9-7-13/h2-9H,10H2,1H3. The van der Waals surface area contributed by atoms with Gasteiger partial charge in [-0.1, -0.05) is 42.0 Å². The highest BCUT2D eigenvalue weighted by Crippen LogP contribution is 2.12. The molecule has 2 aromatic carbocycles. The normalized spacial score (nSPS) is 10.2. The lowest BCUT2D eigenvalue weighted by molar-refractivity contribution is 0.0894. The van der Waals surface area contributed by atoms with E-state index in [4.69, 9.17) is 0 Å². The lowest BCUT2D eigenvalue weighted by Crippen LogP contribution is -2.08. The van der Waals surface area contributed by atoms with Gasteiger partial charge in [-0.15, -0.1) is 0 Å². The Kier molecular flexibility index (Phi) is 4.47. The van der Waals surface area contributed by atoms with Crippen molar-refractivity contribution in [1.82, 2.24) is 0 Å². The van der Waals surface area contributed by atoms with Gasteiger partial charge in [-0.3, -0.25) is 9.59 Å². The Hall–Kier alpha value is -1.49. The van der Waals surface area contributed by atoms with Gasteiger partial charge in [-0.25, -0.2) is 0 Å². The van der Waals surface area contributed by atoms with Crippen LogP contribution in [-0.4, -0.2) is 11.6 Å². The first-order valence-corrected chi connectivity index (χ1v) is 7.03. The van der Waals surface area contributed by atoms with Crippen LogP contribution in [0.5, 0.6) is 0 Å². The van der Waals surface area contributed by atoms with E-state index < -0.39 is 0 Å². The molecular weight excluding hydrogens is 351 g/mol. The summed E-state index contributed by atoms with van der Waals surface area (Å²) in [5.74, 6) is -0.273. The maximum absolute atomic E-state index is 12.0. The number of Topliss-reactive ketones (excluding diaryl/α,β-unsaturated/α-hetero) is 2. The van der Waals surface area contributed by atoms with E-state index in [1.165, 1.54) is 0 Å². The number of carbonyl (C=O) groups excluding carboxylic acids is 2. The first-order valence-electron chi connectivity index (χ1n) is 5.95. The first-order chi connectivity index (χ1) is 9.06. The lowest BCUT2D eigenvalue weighted by Gasteiger charge is -2.02. The molecule has 0 saturated heterocycles. The average Bonchev–Trinajstić information content (AvgIpc) is 2.40. The fraction of sp³-hybridized carbons (Fsp3) is 0.125. The number of hydrogen-bond donors (Lipinski definition) is 0.